The lowest BCUT2D eigenvalue weighted by atomic mass is 10.2. The van der Waals surface area contributed by atoms with E-state index < -0.39 is 11.9 Å². The van der Waals surface area contributed by atoms with Gasteiger partial charge in [-0.25, -0.2) is 9.48 Å². The molecule has 15 heavy (non-hydrogen) atoms. The number of hydrogen-bond donors (Lipinski definition) is 2. The number of aromatic carboxylic acids is 1. The number of hydrogen-bond acceptors (Lipinski definition) is 4. The van der Waals surface area contributed by atoms with Crippen LogP contribution in [-0.4, -0.2) is 37.1 Å². The first kappa shape index (κ1) is 11.2. The monoisotopic (exact) mass is 213 g/mol. The van der Waals surface area contributed by atoms with Crippen molar-refractivity contribution in [2.24, 2.45) is 0 Å². The third-order valence-corrected chi connectivity index (χ3v) is 1.81. The van der Waals surface area contributed by atoms with Gasteiger partial charge >= 0.3 is 11.9 Å². The van der Waals surface area contributed by atoms with Gasteiger partial charge in [-0.3, -0.25) is 4.79 Å². The molecule has 1 aromatic rings. The maximum atomic E-state index is 10.7. The Labute approximate surface area is 85.3 Å². The molecule has 1 heterocycles. The Bertz CT molecular complexity index is 385. The first-order valence-corrected chi connectivity index (χ1v) is 4.43. The lowest BCUT2D eigenvalue weighted by Gasteiger charge is -2.02. The molecule has 0 fully saturated rings. The van der Waals surface area contributed by atoms with E-state index in [1.807, 2.05) is 6.92 Å². The molecule has 7 heteroatoms. The van der Waals surface area contributed by atoms with E-state index >= 15 is 0 Å². The Morgan fingerprint density at radius 3 is 2.53 bits per heavy atom. The van der Waals surface area contributed by atoms with Gasteiger partial charge < -0.3 is 10.2 Å². The zero-order valence-corrected chi connectivity index (χ0v) is 8.17. The van der Waals surface area contributed by atoms with Gasteiger partial charge in [0.2, 0.25) is 0 Å². The molecular formula is C8H11N3O4. The van der Waals surface area contributed by atoms with Crippen LogP contribution in [0.2, 0.25) is 0 Å². The molecule has 0 bridgehead atoms. The standard InChI is InChI=1S/C8H11N3O4/c1-2-3-5-7(8(14)15)9-10-11(5)4-6(12)13/h2-4H2,1H3,(H,12,13)(H,14,15). The van der Waals surface area contributed by atoms with Gasteiger partial charge in [-0.05, 0) is 6.42 Å². The van der Waals surface area contributed by atoms with E-state index in [2.05, 4.69) is 10.3 Å². The summed E-state index contributed by atoms with van der Waals surface area (Å²) in [5.41, 5.74) is 0.186. The fraction of sp³-hybridized carbons (Fsp3) is 0.500. The molecule has 0 aliphatic heterocycles. The van der Waals surface area contributed by atoms with Crippen LogP contribution < -0.4 is 0 Å². The van der Waals surface area contributed by atoms with Gasteiger partial charge in [0, 0.05) is 0 Å². The Kier molecular flexibility index (Phi) is 3.37. The summed E-state index contributed by atoms with van der Waals surface area (Å²) in [6.45, 7) is 1.50. The van der Waals surface area contributed by atoms with E-state index in [1.165, 1.54) is 0 Å². The van der Waals surface area contributed by atoms with Crippen molar-refractivity contribution < 1.29 is 19.8 Å². The quantitative estimate of drug-likeness (QED) is 0.713. The van der Waals surface area contributed by atoms with Gasteiger partial charge in [0.15, 0.2) is 5.69 Å². The second-order valence-electron chi connectivity index (χ2n) is 2.99. The van der Waals surface area contributed by atoms with Crippen molar-refractivity contribution in [2.75, 3.05) is 0 Å². The van der Waals surface area contributed by atoms with Gasteiger partial charge in [0.25, 0.3) is 0 Å². The fourth-order valence-corrected chi connectivity index (χ4v) is 1.24. The molecule has 0 saturated carbocycles. The summed E-state index contributed by atoms with van der Waals surface area (Å²) in [6.07, 6.45) is 1.15. The maximum absolute atomic E-state index is 10.7. The van der Waals surface area contributed by atoms with Crippen LogP contribution in [-0.2, 0) is 17.8 Å². The van der Waals surface area contributed by atoms with Crippen LogP contribution in [0.3, 0.4) is 0 Å². The average Bonchev–Trinajstić information content (AvgIpc) is 2.48. The molecule has 1 aromatic heterocycles. The predicted octanol–water partition coefficient (Wildman–Crippen LogP) is 0.0134. The molecule has 82 valence electrons. The van der Waals surface area contributed by atoms with Crippen LogP contribution in [0, 0.1) is 0 Å². The van der Waals surface area contributed by atoms with Crippen LogP contribution in [0.5, 0.6) is 0 Å². The third-order valence-electron chi connectivity index (χ3n) is 1.81. The van der Waals surface area contributed by atoms with E-state index in [0.29, 0.717) is 18.5 Å². The van der Waals surface area contributed by atoms with Crippen LogP contribution >= 0.6 is 0 Å². The average molecular weight is 213 g/mol. The summed E-state index contributed by atoms with van der Waals surface area (Å²) in [5, 5.41) is 24.3. The third kappa shape index (κ3) is 2.52. The summed E-state index contributed by atoms with van der Waals surface area (Å²) in [5.74, 6) is -2.26. The molecule has 0 aliphatic rings. The number of carboxylic acids is 2. The number of nitrogens with zero attached hydrogens (tertiary/aromatic N) is 3. The van der Waals surface area contributed by atoms with Crippen LogP contribution in [0.25, 0.3) is 0 Å². The van der Waals surface area contributed by atoms with Crippen molar-refractivity contribution in [3.8, 4) is 0 Å². The van der Waals surface area contributed by atoms with Crippen molar-refractivity contribution in [2.45, 2.75) is 26.3 Å². The molecular weight excluding hydrogens is 202 g/mol. The van der Waals surface area contributed by atoms with Gasteiger partial charge in [-0.15, -0.1) is 5.10 Å². The number of rotatable bonds is 5. The molecule has 0 radical (unpaired) electrons. The highest BCUT2D eigenvalue weighted by molar-refractivity contribution is 5.86. The summed E-state index contributed by atoms with van der Waals surface area (Å²) < 4.78 is 1.11. The van der Waals surface area contributed by atoms with Crippen molar-refractivity contribution in [3.05, 3.63) is 11.4 Å². The van der Waals surface area contributed by atoms with Crippen molar-refractivity contribution in [3.63, 3.8) is 0 Å². The zero-order valence-electron chi connectivity index (χ0n) is 8.17. The molecule has 7 nitrogen and oxygen atoms in total. The Hall–Kier alpha value is -1.92. The van der Waals surface area contributed by atoms with E-state index in [4.69, 9.17) is 10.2 Å². The highest BCUT2D eigenvalue weighted by Gasteiger charge is 2.19. The highest BCUT2D eigenvalue weighted by atomic mass is 16.4. The first-order chi connectivity index (χ1) is 7.06. The minimum absolute atomic E-state index is 0.168. The maximum Gasteiger partial charge on any atom is 0.358 e. The van der Waals surface area contributed by atoms with Crippen molar-refractivity contribution in [1.82, 2.24) is 15.0 Å². The molecule has 0 aromatic carbocycles. The number of carbonyl (C=O) groups is 2. The molecule has 0 spiro atoms. The molecule has 0 unspecified atom stereocenters. The van der Waals surface area contributed by atoms with Gasteiger partial charge in [-0.2, -0.15) is 0 Å². The number of aliphatic carboxylic acids is 1. The van der Waals surface area contributed by atoms with Crippen LogP contribution in [0.1, 0.15) is 29.5 Å². The summed E-state index contributed by atoms with van der Waals surface area (Å²) in [4.78, 5) is 21.2. The zero-order chi connectivity index (χ0) is 11.4. The molecule has 1 rings (SSSR count). The largest absolute Gasteiger partial charge is 0.480 e. The van der Waals surface area contributed by atoms with Crippen LogP contribution in [0.15, 0.2) is 0 Å². The summed E-state index contributed by atoms with van der Waals surface area (Å²) in [6, 6.07) is 0. The number of carboxylic acid groups (broad SMARTS) is 2. The number of aromatic nitrogens is 3. The fourth-order valence-electron chi connectivity index (χ4n) is 1.24. The smallest absolute Gasteiger partial charge is 0.358 e. The highest BCUT2D eigenvalue weighted by Crippen LogP contribution is 2.08. The first-order valence-electron chi connectivity index (χ1n) is 4.43. The van der Waals surface area contributed by atoms with Crippen LogP contribution in [0.4, 0.5) is 0 Å². The van der Waals surface area contributed by atoms with Gasteiger partial charge in [0.05, 0.1) is 5.69 Å². The minimum Gasteiger partial charge on any atom is -0.480 e. The topological polar surface area (TPSA) is 105 Å². The lowest BCUT2D eigenvalue weighted by molar-refractivity contribution is -0.138. The van der Waals surface area contributed by atoms with Crippen molar-refractivity contribution in [1.29, 1.82) is 0 Å². The lowest BCUT2D eigenvalue weighted by Crippen LogP contribution is -2.14. The molecule has 0 aliphatic carbocycles. The predicted molar refractivity (Wildman–Crippen MR) is 48.6 cm³/mol. The van der Waals surface area contributed by atoms with Gasteiger partial charge in [-0.1, -0.05) is 18.6 Å². The summed E-state index contributed by atoms with van der Waals surface area (Å²) in [7, 11) is 0. The summed E-state index contributed by atoms with van der Waals surface area (Å²) >= 11 is 0. The normalized spacial score (nSPS) is 10.2. The van der Waals surface area contributed by atoms with E-state index in [-0.39, 0.29) is 12.2 Å². The second kappa shape index (κ2) is 4.54. The van der Waals surface area contributed by atoms with E-state index in [1.54, 1.807) is 0 Å². The van der Waals surface area contributed by atoms with E-state index in [0.717, 1.165) is 4.68 Å². The SMILES string of the molecule is CCCc1c(C(=O)O)nnn1CC(=O)O. The Morgan fingerprint density at radius 1 is 1.40 bits per heavy atom. The Morgan fingerprint density at radius 2 is 2.07 bits per heavy atom. The minimum atomic E-state index is -1.19. The molecule has 0 saturated heterocycles. The van der Waals surface area contributed by atoms with Crippen molar-refractivity contribution >= 4 is 11.9 Å². The molecule has 0 amide bonds. The second-order valence-corrected chi connectivity index (χ2v) is 2.99. The molecule has 0 atom stereocenters. The molecule has 2 N–H and O–H groups in total. The van der Waals surface area contributed by atoms with E-state index in [9.17, 15) is 9.59 Å². The Balaban J connectivity index is 3.05. The van der Waals surface area contributed by atoms with Gasteiger partial charge in [0.1, 0.15) is 6.54 Å².